The molecule has 0 saturated heterocycles. The number of anilines is 1. The fourth-order valence-corrected chi connectivity index (χ4v) is 2.27. The van der Waals surface area contributed by atoms with Crippen LogP contribution in [0.1, 0.15) is 17.2 Å². The molecule has 0 amide bonds. The minimum Gasteiger partial charge on any atom is -0.398 e. The van der Waals surface area contributed by atoms with Crippen LogP contribution in [0.4, 0.5) is 5.69 Å². The van der Waals surface area contributed by atoms with E-state index in [0.717, 1.165) is 0 Å². The van der Waals surface area contributed by atoms with Gasteiger partial charge in [0.1, 0.15) is 6.10 Å². The third-order valence-corrected chi connectivity index (χ3v) is 3.69. The molecule has 0 saturated carbocycles. The zero-order valence-corrected chi connectivity index (χ0v) is 11.5. The Morgan fingerprint density at radius 1 is 1.00 bits per heavy atom. The van der Waals surface area contributed by atoms with Crippen LogP contribution in [0.15, 0.2) is 36.4 Å². The molecule has 2 aromatic rings. The molecule has 94 valence electrons. The molecule has 2 nitrogen and oxygen atoms in total. The maximum Gasteiger partial charge on any atom is 0.108 e. The second-order valence-electron chi connectivity index (χ2n) is 3.82. The lowest BCUT2D eigenvalue weighted by Crippen LogP contribution is -2.04. The highest BCUT2D eigenvalue weighted by molar-refractivity contribution is 6.42. The van der Waals surface area contributed by atoms with Gasteiger partial charge < -0.3 is 10.8 Å². The van der Waals surface area contributed by atoms with Crippen LogP contribution in [0.3, 0.4) is 0 Å². The Kier molecular flexibility index (Phi) is 4.03. The maximum absolute atomic E-state index is 10.3. The number of benzene rings is 2. The van der Waals surface area contributed by atoms with Crippen molar-refractivity contribution >= 4 is 40.5 Å². The average Bonchev–Trinajstić information content (AvgIpc) is 2.35. The van der Waals surface area contributed by atoms with Gasteiger partial charge in [0, 0.05) is 21.8 Å². The highest BCUT2D eigenvalue weighted by Gasteiger charge is 2.18. The number of nitrogens with two attached hydrogens (primary N) is 1. The van der Waals surface area contributed by atoms with Crippen molar-refractivity contribution in [1.82, 2.24) is 0 Å². The Morgan fingerprint density at radius 3 is 2.44 bits per heavy atom. The Hall–Kier alpha value is -0.930. The Morgan fingerprint density at radius 2 is 1.72 bits per heavy atom. The van der Waals surface area contributed by atoms with Crippen LogP contribution in [-0.2, 0) is 0 Å². The SMILES string of the molecule is Nc1ccc(Cl)cc1[C@@H](O)c1cccc(Cl)c1Cl. The van der Waals surface area contributed by atoms with Crippen LogP contribution < -0.4 is 5.73 Å². The number of hydrogen-bond donors (Lipinski definition) is 2. The predicted molar refractivity (Wildman–Crippen MR) is 76.4 cm³/mol. The minimum atomic E-state index is -0.963. The van der Waals surface area contributed by atoms with E-state index in [4.69, 9.17) is 40.5 Å². The number of nitrogen functional groups attached to an aromatic ring is 1. The van der Waals surface area contributed by atoms with Crippen LogP contribution in [0.5, 0.6) is 0 Å². The largest absolute Gasteiger partial charge is 0.398 e. The van der Waals surface area contributed by atoms with Crippen LogP contribution in [-0.4, -0.2) is 5.11 Å². The average molecular weight is 303 g/mol. The van der Waals surface area contributed by atoms with Crippen LogP contribution >= 0.6 is 34.8 Å². The molecule has 0 spiro atoms. The van der Waals surface area contributed by atoms with Gasteiger partial charge in [0.15, 0.2) is 0 Å². The summed E-state index contributed by atoms with van der Waals surface area (Å²) in [6.07, 6.45) is -0.963. The Labute approximate surface area is 120 Å². The number of rotatable bonds is 2. The van der Waals surface area contributed by atoms with Gasteiger partial charge in [-0.2, -0.15) is 0 Å². The van der Waals surface area contributed by atoms with Gasteiger partial charge in [0.2, 0.25) is 0 Å². The second kappa shape index (κ2) is 5.37. The van der Waals surface area contributed by atoms with E-state index >= 15 is 0 Å². The summed E-state index contributed by atoms with van der Waals surface area (Å²) in [5.41, 5.74) is 7.27. The standard InChI is InChI=1S/C13H10Cl3NO/c14-7-4-5-11(17)9(6-7)13(18)8-2-1-3-10(15)12(8)16/h1-6,13,18H,17H2/t13-/m0/s1. The van der Waals surface area contributed by atoms with Crippen LogP contribution in [0, 0.1) is 0 Å². The Bertz CT molecular complexity index is 584. The van der Waals surface area contributed by atoms with E-state index in [1.165, 1.54) is 0 Å². The molecular weight excluding hydrogens is 293 g/mol. The monoisotopic (exact) mass is 301 g/mol. The molecule has 0 heterocycles. The first-order valence-corrected chi connectivity index (χ1v) is 6.31. The molecule has 0 aromatic heterocycles. The van der Waals surface area contributed by atoms with Crippen LogP contribution in [0.25, 0.3) is 0 Å². The summed E-state index contributed by atoms with van der Waals surface area (Å²) < 4.78 is 0. The summed E-state index contributed by atoms with van der Waals surface area (Å²) in [6, 6.07) is 9.97. The van der Waals surface area contributed by atoms with Crippen molar-refractivity contribution in [3.8, 4) is 0 Å². The molecule has 1 atom stereocenters. The third kappa shape index (κ3) is 2.57. The molecular formula is C13H10Cl3NO. The number of halogens is 3. The van der Waals surface area contributed by atoms with Gasteiger partial charge in [-0.1, -0.05) is 46.9 Å². The van der Waals surface area contributed by atoms with E-state index in [0.29, 0.717) is 31.9 Å². The number of aliphatic hydroxyl groups is 1. The van der Waals surface area contributed by atoms with Crippen molar-refractivity contribution in [2.45, 2.75) is 6.10 Å². The van der Waals surface area contributed by atoms with Gasteiger partial charge in [-0.3, -0.25) is 0 Å². The lowest BCUT2D eigenvalue weighted by Gasteiger charge is -2.16. The summed E-state index contributed by atoms with van der Waals surface area (Å²) in [5.74, 6) is 0. The molecule has 0 unspecified atom stereocenters. The first-order valence-electron chi connectivity index (χ1n) is 5.17. The molecule has 0 bridgehead atoms. The predicted octanol–water partition coefficient (Wildman–Crippen LogP) is 4.31. The molecule has 2 rings (SSSR count). The van der Waals surface area contributed by atoms with E-state index in [-0.39, 0.29) is 0 Å². The summed E-state index contributed by atoms with van der Waals surface area (Å²) in [7, 11) is 0. The summed E-state index contributed by atoms with van der Waals surface area (Å²) >= 11 is 17.9. The van der Waals surface area contributed by atoms with Gasteiger partial charge in [0.05, 0.1) is 10.0 Å². The third-order valence-electron chi connectivity index (χ3n) is 2.62. The summed E-state index contributed by atoms with van der Waals surface area (Å²) in [5, 5.41) is 11.5. The molecule has 18 heavy (non-hydrogen) atoms. The fraction of sp³-hybridized carbons (Fsp3) is 0.0769. The van der Waals surface area contributed by atoms with E-state index in [2.05, 4.69) is 0 Å². The first-order chi connectivity index (χ1) is 8.50. The molecule has 0 radical (unpaired) electrons. The van der Waals surface area contributed by atoms with Crippen molar-refractivity contribution < 1.29 is 5.11 Å². The van der Waals surface area contributed by atoms with Gasteiger partial charge in [-0.15, -0.1) is 0 Å². The molecule has 0 aliphatic heterocycles. The van der Waals surface area contributed by atoms with Crippen molar-refractivity contribution in [2.24, 2.45) is 0 Å². The normalized spacial score (nSPS) is 12.4. The maximum atomic E-state index is 10.3. The summed E-state index contributed by atoms with van der Waals surface area (Å²) in [4.78, 5) is 0. The van der Waals surface area contributed by atoms with Gasteiger partial charge in [-0.05, 0) is 24.3 Å². The molecule has 0 aliphatic carbocycles. The Balaban J connectivity index is 2.51. The van der Waals surface area contributed by atoms with Crippen molar-refractivity contribution in [3.05, 3.63) is 62.6 Å². The lowest BCUT2D eigenvalue weighted by molar-refractivity contribution is 0.221. The van der Waals surface area contributed by atoms with Crippen molar-refractivity contribution in [3.63, 3.8) is 0 Å². The lowest BCUT2D eigenvalue weighted by atomic mass is 10.00. The second-order valence-corrected chi connectivity index (χ2v) is 5.04. The zero-order valence-electron chi connectivity index (χ0n) is 9.20. The van der Waals surface area contributed by atoms with E-state index < -0.39 is 6.10 Å². The smallest absolute Gasteiger partial charge is 0.108 e. The van der Waals surface area contributed by atoms with Gasteiger partial charge in [0.25, 0.3) is 0 Å². The highest BCUT2D eigenvalue weighted by Crippen LogP contribution is 2.35. The molecule has 0 aliphatic rings. The fourth-order valence-electron chi connectivity index (χ4n) is 1.68. The molecule has 2 aromatic carbocycles. The zero-order chi connectivity index (χ0) is 13.3. The minimum absolute atomic E-state index is 0.311. The number of aliphatic hydroxyl groups excluding tert-OH is 1. The van der Waals surface area contributed by atoms with E-state index in [1.54, 1.807) is 36.4 Å². The van der Waals surface area contributed by atoms with E-state index in [1.807, 2.05) is 0 Å². The summed E-state index contributed by atoms with van der Waals surface area (Å²) in [6.45, 7) is 0. The molecule has 5 heteroatoms. The first kappa shape index (κ1) is 13.5. The topological polar surface area (TPSA) is 46.2 Å². The van der Waals surface area contributed by atoms with Crippen molar-refractivity contribution in [1.29, 1.82) is 0 Å². The van der Waals surface area contributed by atoms with Gasteiger partial charge >= 0.3 is 0 Å². The molecule has 0 fully saturated rings. The van der Waals surface area contributed by atoms with Gasteiger partial charge in [-0.25, -0.2) is 0 Å². The van der Waals surface area contributed by atoms with E-state index in [9.17, 15) is 5.11 Å². The van der Waals surface area contributed by atoms with Crippen molar-refractivity contribution in [2.75, 3.05) is 5.73 Å². The molecule has 3 N–H and O–H groups in total. The van der Waals surface area contributed by atoms with Crippen LogP contribution in [0.2, 0.25) is 15.1 Å². The number of hydrogen-bond acceptors (Lipinski definition) is 2. The highest BCUT2D eigenvalue weighted by atomic mass is 35.5. The quantitative estimate of drug-likeness (QED) is 0.812.